The lowest BCUT2D eigenvalue weighted by Crippen LogP contribution is -2.43. The van der Waals surface area contributed by atoms with Gasteiger partial charge in [0.05, 0.1) is 11.0 Å². The highest BCUT2D eigenvalue weighted by atomic mass is 32.2. The summed E-state index contributed by atoms with van der Waals surface area (Å²) in [6.45, 7) is 9.16. The van der Waals surface area contributed by atoms with Gasteiger partial charge in [0.25, 0.3) is 0 Å². The van der Waals surface area contributed by atoms with Gasteiger partial charge in [-0.25, -0.2) is 8.42 Å². The average molecular weight is 274 g/mol. The predicted octanol–water partition coefficient (Wildman–Crippen LogP) is 0.885. The lowest BCUT2D eigenvalue weighted by Gasteiger charge is -2.32. The van der Waals surface area contributed by atoms with Crippen molar-refractivity contribution >= 4 is 9.84 Å². The Kier molecular flexibility index (Phi) is 4.34. The van der Waals surface area contributed by atoms with E-state index in [1.165, 1.54) is 0 Å². The topological polar surface area (TPSA) is 49.4 Å². The van der Waals surface area contributed by atoms with Gasteiger partial charge in [-0.15, -0.1) is 0 Å². The van der Waals surface area contributed by atoms with E-state index in [0.29, 0.717) is 5.75 Å². The predicted molar refractivity (Wildman–Crippen MR) is 74.5 cm³/mol. The third-order valence-corrected chi connectivity index (χ3v) is 6.29. The van der Waals surface area contributed by atoms with E-state index < -0.39 is 9.84 Å². The summed E-state index contributed by atoms with van der Waals surface area (Å²) in [5.74, 6) is 0.396. The summed E-state index contributed by atoms with van der Waals surface area (Å²) in [6, 6.07) is 0. The molecule has 2 aliphatic heterocycles. The minimum absolute atomic E-state index is 0.125. The van der Waals surface area contributed by atoms with E-state index in [4.69, 9.17) is 0 Å². The van der Waals surface area contributed by atoms with Crippen LogP contribution in [0.3, 0.4) is 0 Å². The van der Waals surface area contributed by atoms with Gasteiger partial charge in [0.1, 0.15) is 0 Å². The molecule has 0 aromatic carbocycles. The molecule has 0 spiro atoms. The van der Waals surface area contributed by atoms with Crippen LogP contribution in [0.15, 0.2) is 0 Å². The van der Waals surface area contributed by atoms with Crippen LogP contribution in [0.1, 0.15) is 33.1 Å². The molecule has 0 aromatic rings. The van der Waals surface area contributed by atoms with E-state index in [-0.39, 0.29) is 10.7 Å². The molecule has 0 amide bonds. The minimum Gasteiger partial charge on any atom is -0.315 e. The maximum Gasteiger partial charge on any atom is 0.154 e. The molecule has 0 bridgehead atoms. The number of nitrogens with one attached hydrogen (secondary N) is 1. The van der Waals surface area contributed by atoms with Crippen LogP contribution in [0.4, 0.5) is 0 Å². The summed E-state index contributed by atoms with van der Waals surface area (Å²) in [4.78, 5) is 2.34. The van der Waals surface area contributed by atoms with E-state index in [1.54, 1.807) is 0 Å². The zero-order valence-corrected chi connectivity index (χ0v) is 12.4. The fourth-order valence-corrected chi connectivity index (χ4v) is 4.98. The molecule has 1 N–H and O–H groups in total. The molecule has 0 saturated carbocycles. The van der Waals surface area contributed by atoms with E-state index in [1.807, 2.05) is 0 Å². The lowest BCUT2D eigenvalue weighted by atomic mass is 9.93. The highest BCUT2D eigenvalue weighted by molar-refractivity contribution is 7.92. The highest BCUT2D eigenvalue weighted by Gasteiger charge is 2.32. The van der Waals surface area contributed by atoms with Crippen molar-refractivity contribution in [3.05, 3.63) is 0 Å². The summed E-state index contributed by atoms with van der Waals surface area (Å²) in [7, 11) is -2.83. The smallest absolute Gasteiger partial charge is 0.154 e. The lowest BCUT2D eigenvalue weighted by molar-refractivity contribution is 0.203. The third kappa shape index (κ3) is 3.68. The maximum absolute atomic E-state index is 12.1. The highest BCUT2D eigenvalue weighted by Crippen LogP contribution is 2.23. The van der Waals surface area contributed by atoms with Crippen molar-refractivity contribution in [3.63, 3.8) is 0 Å². The summed E-state index contributed by atoms with van der Waals surface area (Å²) in [5.41, 5.74) is 0.231. The monoisotopic (exact) mass is 274 g/mol. The SMILES string of the molecule is CC1(C)CNCCN(CC2CCCCS2(=O)=O)C1. The number of sulfone groups is 1. The van der Waals surface area contributed by atoms with Crippen molar-refractivity contribution in [2.75, 3.05) is 38.5 Å². The molecule has 5 heteroatoms. The average Bonchev–Trinajstić information content (AvgIpc) is 2.42. The second kappa shape index (κ2) is 5.47. The fourth-order valence-electron chi connectivity index (χ4n) is 3.07. The molecule has 2 rings (SSSR count). The van der Waals surface area contributed by atoms with Gasteiger partial charge >= 0.3 is 0 Å². The Morgan fingerprint density at radius 3 is 2.83 bits per heavy atom. The molecular formula is C13H26N2O2S. The standard InChI is InChI=1S/C13H26N2O2S/c1-13(2)10-14-6-7-15(11-13)9-12-5-3-4-8-18(12,16)17/h12,14H,3-11H2,1-2H3. The molecule has 18 heavy (non-hydrogen) atoms. The Labute approximate surface area is 111 Å². The first kappa shape index (κ1) is 14.3. The molecule has 0 aromatic heterocycles. The Morgan fingerprint density at radius 2 is 2.11 bits per heavy atom. The number of hydrogen-bond acceptors (Lipinski definition) is 4. The van der Waals surface area contributed by atoms with Gasteiger partial charge in [0.2, 0.25) is 0 Å². The molecule has 2 saturated heterocycles. The van der Waals surface area contributed by atoms with E-state index in [0.717, 1.165) is 52.0 Å². The molecule has 4 nitrogen and oxygen atoms in total. The second-order valence-electron chi connectivity index (χ2n) is 6.56. The van der Waals surface area contributed by atoms with Crippen molar-refractivity contribution < 1.29 is 8.42 Å². The molecule has 1 unspecified atom stereocenters. The van der Waals surface area contributed by atoms with Gasteiger partial charge in [-0.1, -0.05) is 20.3 Å². The van der Waals surface area contributed by atoms with Gasteiger partial charge in [0.15, 0.2) is 9.84 Å². The van der Waals surface area contributed by atoms with Crippen molar-refractivity contribution in [3.8, 4) is 0 Å². The van der Waals surface area contributed by atoms with Crippen LogP contribution in [-0.4, -0.2) is 57.0 Å². The maximum atomic E-state index is 12.1. The first-order chi connectivity index (χ1) is 8.39. The Hall–Kier alpha value is -0.130. The van der Waals surface area contributed by atoms with E-state index >= 15 is 0 Å². The third-order valence-electron chi connectivity index (χ3n) is 4.03. The molecule has 106 valence electrons. The molecule has 2 fully saturated rings. The molecule has 2 heterocycles. The van der Waals surface area contributed by atoms with Crippen molar-refractivity contribution in [2.45, 2.75) is 38.4 Å². The van der Waals surface area contributed by atoms with Crippen molar-refractivity contribution in [1.29, 1.82) is 0 Å². The summed E-state index contributed by atoms with van der Waals surface area (Å²) in [6.07, 6.45) is 2.78. The molecule has 0 radical (unpaired) electrons. The van der Waals surface area contributed by atoms with Crippen LogP contribution >= 0.6 is 0 Å². The summed E-state index contributed by atoms with van der Waals surface area (Å²) < 4.78 is 24.1. The zero-order valence-electron chi connectivity index (χ0n) is 11.6. The first-order valence-electron chi connectivity index (χ1n) is 7.04. The van der Waals surface area contributed by atoms with E-state index in [9.17, 15) is 8.42 Å². The van der Waals surface area contributed by atoms with Gasteiger partial charge in [-0.3, -0.25) is 0 Å². The molecule has 2 aliphatic rings. The van der Waals surface area contributed by atoms with Crippen LogP contribution in [0, 0.1) is 5.41 Å². The van der Waals surface area contributed by atoms with Gasteiger partial charge in [0, 0.05) is 32.7 Å². The van der Waals surface area contributed by atoms with Crippen molar-refractivity contribution in [1.82, 2.24) is 10.2 Å². The van der Waals surface area contributed by atoms with Gasteiger partial charge in [-0.05, 0) is 18.3 Å². The van der Waals surface area contributed by atoms with E-state index in [2.05, 4.69) is 24.1 Å². The van der Waals surface area contributed by atoms with Crippen molar-refractivity contribution in [2.24, 2.45) is 5.41 Å². The van der Waals surface area contributed by atoms with Crippen LogP contribution < -0.4 is 5.32 Å². The zero-order chi connectivity index (χ0) is 13.2. The first-order valence-corrected chi connectivity index (χ1v) is 8.75. The number of nitrogens with zero attached hydrogens (tertiary/aromatic N) is 1. The van der Waals surface area contributed by atoms with Gasteiger partial charge in [-0.2, -0.15) is 0 Å². The minimum atomic E-state index is -2.83. The van der Waals surface area contributed by atoms with Crippen LogP contribution in [0.25, 0.3) is 0 Å². The number of hydrogen-bond donors (Lipinski definition) is 1. The van der Waals surface area contributed by atoms with Crippen LogP contribution in [-0.2, 0) is 9.84 Å². The molecule has 0 aliphatic carbocycles. The van der Waals surface area contributed by atoms with Crippen LogP contribution in [0.2, 0.25) is 0 Å². The Bertz CT molecular complexity index is 378. The normalized spacial score (nSPS) is 32.9. The molecule has 1 atom stereocenters. The summed E-state index contributed by atoms with van der Waals surface area (Å²) >= 11 is 0. The summed E-state index contributed by atoms with van der Waals surface area (Å²) in [5, 5.41) is 3.31. The fraction of sp³-hybridized carbons (Fsp3) is 1.00. The van der Waals surface area contributed by atoms with Crippen LogP contribution in [0.5, 0.6) is 0 Å². The second-order valence-corrected chi connectivity index (χ2v) is 8.96. The van der Waals surface area contributed by atoms with Gasteiger partial charge < -0.3 is 10.2 Å². The largest absolute Gasteiger partial charge is 0.315 e. The molecular weight excluding hydrogens is 248 g/mol. The number of rotatable bonds is 2. The quantitative estimate of drug-likeness (QED) is 0.812. The Balaban J connectivity index is 1.99. The Morgan fingerprint density at radius 1 is 1.33 bits per heavy atom.